The second-order valence-electron chi connectivity index (χ2n) is 4.91. The van der Waals surface area contributed by atoms with Gasteiger partial charge in [0, 0.05) is 25.2 Å². The van der Waals surface area contributed by atoms with Gasteiger partial charge >= 0.3 is 12.0 Å². The number of aliphatic carboxylic acids is 1. The Balaban J connectivity index is 4.82. The summed E-state index contributed by atoms with van der Waals surface area (Å²) in [4.78, 5) is 26.2. The Hall–Kier alpha value is -1.77. The molecule has 0 saturated heterocycles. The number of carboxylic acids is 1. The smallest absolute Gasteiger partial charge is 0.320 e. The lowest BCUT2D eigenvalue weighted by molar-refractivity contribution is -0.137. The van der Waals surface area contributed by atoms with E-state index in [2.05, 4.69) is 0 Å². The van der Waals surface area contributed by atoms with Gasteiger partial charge in [0.25, 0.3) is 0 Å². The summed E-state index contributed by atoms with van der Waals surface area (Å²) in [5, 5.41) is 17.3. The van der Waals surface area contributed by atoms with Crippen molar-refractivity contribution in [3.63, 3.8) is 0 Å². The van der Waals surface area contributed by atoms with Crippen LogP contribution in [0.3, 0.4) is 0 Å². The van der Waals surface area contributed by atoms with Crippen molar-refractivity contribution in [3.05, 3.63) is 0 Å². The van der Waals surface area contributed by atoms with E-state index in [1.807, 2.05) is 33.8 Å². The highest BCUT2D eigenvalue weighted by atomic mass is 16.4. The minimum Gasteiger partial charge on any atom is -0.481 e. The summed E-state index contributed by atoms with van der Waals surface area (Å²) in [7, 11) is 0. The van der Waals surface area contributed by atoms with Crippen LogP contribution in [0.4, 0.5) is 4.79 Å². The Morgan fingerprint density at radius 3 is 1.95 bits per heavy atom. The molecule has 108 valence electrons. The molecule has 0 aliphatic carbocycles. The number of urea groups is 1. The minimum atomic E-state index is -0.924. The Kier molecular flexibility index (Phi) is 7.57. The fraction of sp³-hybridized carbons (Fsp3) is 0.769. The molecule has 0 heterocycles. The zero-order chi connectivity index (χ0) is 15.0. The quantitative estimate of drug-likeness (QED) is 0.765. The molecule has 0 aromatic carbocycles. The molecule has 19 heavy (non-hydrogen) atoms. The van der Waals surface area contributed by atoms with Crippen molar-refractivity contribution in [1.29, 1.82) is 5.26 Å². The molecular formula is C13H23N3O3. The summed E-state index contributed by atoms with van der Waals surface area (Å²) >= 11 is 0. The highest BCUT2D eigenvalue weighted by Crippen LogP contribution is 2.10. The number of nitrogens with zero attached hydrogens (tertiary/aromatic N) is 3. The predicted octanol–water partition coefficient (Wildman–Crippen LogP) is 1.92. The van der Waals surface area contributed by atoms with Crippen molar-refractivity contribution in [2.24, 2.45) is 0 Å². The second-order valence-corrected chi connectivity index (χ2v) is 4.91. The van der Waals surface area contributed by atoms with Crippen molar-refractivity contribution in [2.45, 2.75) is 52.6 Å². The van der Waals surface area contributed by atoms with Crippen molar-refractivity contribution in [2.75, 3.05) is 13.1 Å². The lowest BCUT2D eigenvalue weighted by Crippen LogP contribution is -2.50. The number of hydrogen-bond acceptors (Lipinski definition) is 3. The van der Waals surface area contributed by atoms with Crippen LogP contribution in [0.1, 0.15) is 40.5 Å². The minimum absolute atomic E-state index is 0.0214. The first kappa shape index (κ1) is 17.2. The number of hydrogen-bond donors (Lipinski definition) is 1. The summed E-state index contributed by atoms with van der Waals surface area (Å²) in [6, 6.07) is 1.72. The van der Waals surface area contributed by atoms with E-state index >= 15 is 0 Å². The third-order valence-electron chi connectivity index (χ3n) is 2.77. The monoisotopic (exact) mass is 269 g/mol. The van der Waals surface area contributed by atoms with Gasteiger partial charge in [-0.3, -0.25) is 4.79 Å². The van der Waals surface area contributed by atoms with Gasteiger partial charge in [0.2, 0.25) is 0 Å². The lowest BCUT2D eigenvalue weighted by atomic mass is 10.2. The van der Waals surface area contributed by atoms with Crippen molar-refractivity contribution >= 4 is 12.0 Å². The number of carbonyl (C=O) groups is 2. The van der Waals surface area contributed by atoms with Crippen molar-refractivity contribution in [1.82, 2.24) is 9.80 Å². The lowest BCUT2D eigenvalue weighted by Gasteiger charge is -2.35. The molecule has 0 saturated carbocycles. The van der Waals surface area contributed by atoms with Crippen LogP contribution in [0.5, 0.6) is 0 Å². The van der Waals surface area contributed by atoms with E-state index in [4.69, 9.17) is 10.4 Å². The number of nitriles is 1. The van der Waals surface area contributed by atoms with Crippen molar-refractivity contribution in [3.8, 4) is 6.07 Å². The average Bonchev–Trinajstić information content (AvgIpc) is 2.28. The van der Waals surface area contributed by atoms with E-state index in [-0.39, 0.29) is 37.5 Å². The SMILES string of the molecule is CC(C)N(CCC#N)C(=O)N(CCC(=O)O)C(C)C. The molecule has 0 atom stereocenters. The zero-order valence-corrected chi connectivity index (χ0v) is 12.1. The maximum Gasteiger partial charge on any atom is 0.320 e. The standard InChI is InChI=1S/C13H23N3O3/c1-10(2)15(8-5-7-14)13(19)16(11(3)4)9-6-12(17)18/h10-11H,5-6,8-9H2,1-4H3,(H,17,18). The molecule has 0 fully saturated rings. The van der Waals surface area contributed by atoms with E-state index in [1.165, 1.54) is 4.90 Å². The van der Waals surface area contributed by atoms with Gasteiger partial charge in [-0.05, 0) is 27.7 Å². The molecule has 6 nitrogen and oxygen atoms in total. The largest absolute Gasteiger partial charge is 0.481 e. The fourth-order valence-corrected chi connectivity index (χ4v) is 1.70. The van der Waals surface area contributed by atoms with Gasteiger partial charge in [-0.2, -0.15) is 5.26 Å². The van der Waals surface area contributed by atoms with E-state index in [0.29, 0.717) is 6.54 Å². The molecule has 1 N–H and O–H groups in total. The summed E-state index contributed by atoms with van der Waals surface area (Å²) < 4.78 is 0. The molecule has 0 aromatic heterocycles. The molecule has 0 unspecified atom stereocenters. The number of carbonyl (C=O) groups excluding carboxylic acids is 1. The summed E-state index contributed by atoms with van der Waals surface area (Å²) in [5.74, 6) is -0.924. The Bertz CT molecular complexity index is 348. The highest BCUT2D eigenvalue weighted by molar-refractivity contribution is 5.76. The van der Waals surface area contributed by atoms with Crippen LogP contribution < -0.4 is 0 Å². The van der Waals surface area contributed by atoms with Gasteiger partial charge in [-0.15, -0.1) is 0 Å². The average molecular weight is 269 g/mol. The third kappa shape index (κ3) is 6.09. The molecule has 0 spiro atoms. The third-order valence-corrected chi connectivity index (χ3v) is 2.77. The number of rotatable bonds is 7. The highest BCUT2D eigenvalue weighted by Gasteiger charge is 2.25. The van der Waals surface area contributed by atoms with Gasteiger partial charge in [0.15, 0.2) is 0 Å². The van der Waals surface area contributed by atoms with E-state index < -0.39 is 5.97 Å². The molecule has 0 aromatic rings. The first-order valence-electron chi connectivity index (χ1n) is 6.47. The molecule has 0 aliphatic rings. The van der Waals surface area contributed by atoms with Gasteiger partial charge in [-0.1, -0.05) is 0 Å². The Morgan fingerprint density at radius 2 is 1.58 bits per heavy atom. The van der Waals surface area contributed by atoms with Gasteiger partial charge < -0.3 is 14.9 Å². The zero-order valence-electron chi connectivity index (χ0n) is 12.1. The summed E-state index contributed by atoms with van der Waals surface area (Å²) in [6.45, 7) is 8.01. The van der Waals surface area contributed by atoms with Crippen LogP contribution in [0.15, 0.2) is 0 Å². The predicted molar refractivity (Wildman–Crippen MR) is 71.6 cm³/mol. The molecule has 0 rings (SSSR count). The van der Waals surface area contributed by atoms with Gasteiger partial charge in [-0.25, -0.2) is 4.79 Å². The molecule has 0 aliphatic heterocycles. The molecule has 6 heteroatoms. The first-order chi connectivity index (χ1) is 8.81. The molecular weight excluding hydrogens is 246 g/mol. The number of amides is 2. The normalized spacial score (nSPS) is 10.4. The first-order valence-corrected chi connectivity index (χ1v) is 6.47. The van der Waals surface area contributed by atoms with Crippen LogP contribution >= 0.6 is 0 Å². The van der Waals surface area contributed by atoms with Crippen LogP contribution in [0, 0.1) is 11.3 Å². The summed E-state index contributed by atoms with van der Waals surface area (Å²) in [6.07, 6.45) is 0.197. The van der Waals surface area contributed by atoms with Crippen LogP contribution in [0.25, 0.3) is 0 Å². The fourth-order valence-electron chi connectivity index (χ4n) is 1.70. The number of carboxylic acid groups (broad SMARTS) is 1. The van der Waals surface area contributed by atoms with Crippen molar-refractivity contribution < 1.29 is 14.7 Å². The topological polar surface area (TPSA) is 84.6 Å². The Morgan fingerprint density at radius 1 is 1.11 bits per heavy atom. The summed E-state index contributed by atoms with van der Waals surface area (Å²) in [5.41, 5.74) is 0. The van der Waals surface area contributed by atoms with Crippen LogP contribution in [-0.2, 0) is 4.79 Å². The van der Waals surface area contributed by atoms with E-state index in [0.717, 1.165) is 0 Å². The van der Waals surface area contributed by atoms with E-state index in [1.54, 1.807) is 4.90 Å². The molecule has 0 radical (unpaired) electrons. The van der Waals surface area contributed by atoms with Gasteiger partial charge in [0.05, 0.1) is 18.9 Å². The Labute approximate surface area is 114 Å². The second kappa shape index (κ2) is 8.35. The van der Waals surface area contributed by atoms with Crippen LogP contribution in [0.2, 0.25) is 0 Å². The maximum atomic E-state index is 12.4. The maximum absolute atomic E-state index is 12.4. The molecule has 0 bridgehead atoms. The van der Waals surface area contributed by atoms with Crippen LogP contribution in [-0.4, -0.2) is 52.1 Å². The molecule has 2 amide bonds. The van der Waals surface area contributed by atoms with E-state index in [9.17, 15) is 9.59 Å². The van der Waals surface area contributed by atoms with Gasteiger partial charge in [0.1, 0.15) is 0 Å².